The molecular weight excluding hydrogens is 864 g/mol. The van der Waals surface area contributed by atoms with Gasteiger partial charge >= 0.3 is 29.6 Å². The van der Waals surface area contributed by atoms with Crippen LogP contribution >= 0.6 is 0 Å². The second kappa shape index (κ2) is 23.5. The molecule has 0 aromatic heterocycles. The van der Waals surface area contributed by atoms with E-state index in [-0.39, 0.29) is 116 Å². The van der Waals surface area contributed by atoms with Crippen molar-refractivity contribution < 1.29 is 93.7 Å². The summed E-state index contributed by atoms with van der Waals surface area (Å²) in [6.45, 7) is 1.31. The van der Waals surface area contributed by atoms with Gasteiger partial charge in [-0.2, -0.15) is 0 Å². The van der Waals surface area contributed by atoms with Crippen molar-refractivity contribution in [2.24, 2.45) is 20.5 Å². The number of methoxy groups -OCH3 is 2. The van der Waals surface area contributed by atoms with E-state index in [1.165, 1.54) is 48.5 Å². The molecule has 0 aliphatic heterocycles. The quantitative estimate of drug-likeness (QED) is 0.0433. The fraction of sp³-hybridized carbons (Fsp3) is 0.200. The molecule has 6 N–H and O–H groups in total. The summed E-state index contributed by atoms with van der Waals surface area (Å²) < 4.78 is 64.4. The predicted octanol–water partition coefficient (Wildman–Crippen LogP) is 4.96. The molecule has 0 spiro atoms. The molecule has 60 heavy (non-hydrogen) atoms. The number of aromatic hydroxyl groups is 4. The number of phenols is 4. The van der Waals surface area contributed by atoms with E-state index in [0.717, 1.165) is 10.8 Å². The van der Waals surface area contributed by atoms with Gasteiger partial charge in [0.05, 0.1) is 9.79 Å². The summed E-state index contributed by atoms with van der Waals surface area (Å²) in [6, 6.07) is 28.6. The van der Waals surface area contributed by atoms with Crippen molar-refractivity contribution >= 4 is 64.3 Å². The number of fused-ring (bicyclic) bond motifs is 2. The Bertz CT molecular complexity index is 2490. The van der Waals surface area contributed by atoms with Gasteiger partial charge in [0.2, 0.25) is 20.0 Å². The summed E-state index contributed by atoms with van der Waals surface area (Å²) in [4.78, 5) is -0.104. The van der Waals surface area contributed by atoms with Gasteiger partial charge in [-0.25, -0.2) is 26.3 Å². The molecule has 0 saturated heterocycles. The fourth-order valence-corrected chi connectivity index (χ4v) is 7.61. The Morgan fingerprint density at radius 2 is 0.883 bits per heavy atom. The van der Waals surface area contributed by atoms with Crippen LogP contribution < -0.4 is 39.0 Å². The monoisotopic (exact) mass is 905 g/mol. The Morgan fingerprint density at radius 1 is 0.517 bits per heavy atom. The van der Waals surface area contributed by atoms with Crippen LogP contribution in [0.15, 0.2) is 139 Å². The van der Waals surface area contributed by atoms with Crippen LogP contribution in [-0.2, 0) is 46.9 Å². The molecule has 0 aliphatic rings. The minimum absolute atomic E-state index is 0. The number of rotatable bonds is 16. The van der Waals surface area contributed by atoms with Gasteiger partial charge in [0.15, 0.2) is 0 Å². The van der Waals surface area contributed by atoms with Gasteiger partial charge in [-0.1, -0.05) is 60.7 Å². The summed E-state index contributed by atoms with van der Waals surface area (Å²) in [5, 5.41) is 59.6. The molecule has 0 bridgehead atoms. The Labute approximate surface area is 380 Å². The molecule has 0 atom stereocenters. The molecule has 310 valence electrons. The third-order valence-corrected chi connectivity index (χ3v) is 11.3. The normalized spacial score (nSPS) is 11.6. The van der Waals surface area contributed by atoms with E-state index in [1.807, 2.05) is 24.3 Å². The zero-order valence-electron chi connectivity index (χ0n) is 32.9. The van der Waals surface area contributed by atoms with Gasteiger partial charge < -0.3 is 29.9 Å². The van der Waals surface area contributed by atoms with Crippen molar-refractivity contribution in [1.82, 2.24) is 9.44 Å². The zero-order chi connectivity index (χ0) is 41.7. The molecule has 6 aromatic carbocycles. The maximum absolute atomic E-state index is 12.4. The average Bonchev–Trinajstić information content (AvgIpc) is 3.21. The summed E-state index contributed by atoms with van der Waals surface area (Å²) in [5.74, 6) is -0.607. The smallest absolute Gasteiger partial charge is 0.506 e. The summed E-state index contributed by atoms with van der Waals surface area (Å²) in [7, 11) is -4.46. The second-order valence-corrected chi connectivity index (χ2v) is 16.0. The maximum atomic E-state index is 12.4. The van der Waals surface area contributed by atoms with E-state index in [0.29, 0.717) is 36.8 Å². The van der Waals surface area contributed by atoms with Crippen molar-refractivity contribution in [2.75, 3.05) is 40.5 Å². The van der Waals surface area contributed by atoms with Gasteiger partial charge in [0.25, 0.3) is 0 Å². The number of nitrogens with zero attached hydrogens (tertiary/aromatic N) is 4. The number of nitrogens with one attached hydrogen (secondary N) is 2. The van der Waals surface area contributed by atoms with Gasteiger partial charge in [-0.15, -0.1) is 20.5 Å². The Balaban J connectivity index is 0.000000310. The largest absolute Gasteiger partial charge is 1.00 e. The molecule has 6 aromatic rings. The summed E-state index contributed by atoms with van der Waals surface area (Å²) in [5.41, 5.74) is 0.399. The first-order valence-electron chi connectivity index (χ1n) is 17.7. The van der Waals surface area contributed by atoms with Crippen LogP contribution in [0.1, 0.15) is 12.8 Å². The summed E-state index contributed by atoms with van der Waals surface area (Å²) in [6.07, 6.45) is 1.06. The van der Waals surface area contributed by atoms with Crippen LogP contribution in [0.4, 0.5) is 22.7 Å². The zero-order valence-corrected chi connectivity index (χ0v) is 37.8. The predicted molar refractivity (Wildman–Crippen MR) is 219 cm³/mol. The van der Waals surface area contributed by atoms with Crippen LogP contribution in [-0.4, -0.2) is 77.8 Å². The Morgan fingerprint density at radius 3 is 1.27 bits per heavy atom. The minimum Gasteiger partial charge on any atom is -0.506 e. The Kier molecular flexibility index (Phi) is 19.5. The third kappa shape index (κ3) is 13.3. The number of azo groups is 2. The van der Waals surface area contributed by atoms with E-state index in [1.54, 1.807) is 50.6 Å². The van der Waals surface area contributed by atoms with E-state index in [4.69, 9.17) is 9.47 Å². The molecular formula is C40H42CrN6NaO10S2+. The molecule has 20 heteroatoms. The standard InChI is InChI=1S/2C20H21N3O5S.Cr.Na/c2*1-28-12-4-11-21-29(26,27)15-8-10-18(24)17(13-15)22-23-20-16-6-3-2-5-14(16)7-9-19(20)25;;/h2*2-3,5-10,13,21,24-25H,4,11-12H2,1H3;;/q;;;+1. The number of benzene rings is 6. The van der Waals surface area contributed by atoms with Crippen LogP contribution in [0.5, 0.6) is 23.0 Å². The number of ether oxygens (including phenoxy) is 2. The maximum Gasteiger partial charge on any atom is 1.00 e. The minimum atomic E-state index is -3.77. The van der Waals surface area contributed by atoms with Crippen LogP contribution in [0, 0.1) is 0 Å². The second-order valence-electron chi connectivity index (χ2n) is 12.5. The summed E-state index contributed by atoms with van der Waals surface area (Å²) >= 11 is 0. The molecule has 0 radical (unpaired) electrons. The van der Waals surface area contributed by atoms with Crippen molar-refractivity contribution in [3.8, 4) is 23.0 Å². The first kappa shape index (κ1) is 49.9. The van der Waals surface area contributed by atoms with Crippen LogP contribution in [0.3, 0.4) is 0 Å². The Hall–Kier alpha value is -4.49. The first-order chi connectivity index (χ1) is 27.8. The van der Waals surface area contributed by atoms with Crippen molar-refractivity contribution in [1.29, 1.82) is 0 Å². The average molecular weight is 906 g/mol. The van der Waals surface area contributed by atoms with Crippen LogP contribution in [0.25, 0.3) is 21.5 Å². The van der Waals surface area contributed by atoms with Gasteiger partial charge in [-0.3, -0.25) is 0 Å². The third-order valence-electron chi connectivity index (χ3n) is 8.42. The number of sulfonamides is 2. The van der Waals surface area contributed by atoms with Gasteiger partial charge in [-0.05, 0) is 72.1 Å². The van der Waals surface area contributed by atoms with E-state index < -0.39 is 20.0 Å². The molecule has 0 aliphatic carbocycles. The van der Waals surface area contributed by atoms with Crippen molar-refractivity contribution in [3.05, 3.63) is 109 Å². The van der Waals surface area contributed by atoms with E-state index >= 15 is 0 Å². The molecule has 0 amide bonds. The van der Waals surface area contributed by atoms with E-state index in [9.17, 15) is 37.3 Å². The molecule has 0 fully saturated rings. The molecule has 6 rings (SSSR count). The van der Waals surface area contributed by atoms with Crippen molar-refractivity contribution in [3.63, 3.8) is 0 Å². The van der Waals surface area contributed by atoms with Crippen molar-refractivity contribution in [2.45, 2.75) is 22.6 Å². The topological polar surface area (TPSA) is 241 Å². The molecule has 16 nitrogen and oxygen atoms in total. The molecule has 0 heterocycles. The number of phenolic OH excluding ortho intramolecular Hbond substituents is 4. The van der Waals surface area contributed by atoms with E-state index in [2.05, 4.69) is 29.9 Å². The molecule has 0 saturated carbocycles. The first-order valence-corrected chi connectivity index (χ1v) is 20.7. The van der Waals surface area contributed by atoms with Gasteiger partial charge in [0, 0.05) is 68.7 Å². The van der Waals surface area contributed by atoms with Crippen LogP contribution in [0.2, 0.25) is 0 Å². The fourth-order valence-electron chi connectivity index (χ4n) is 5.42. The SMILES string of the molecule is COCCCNS(=O)(=O)c1ccc(O)c(N=Nc2c(O)ccc3ccccc23)c1.COCCCNS(=O)(=O)c1ccc(O)c(N=Nc2c(O)ccc3ccccc23)c1.[Cr].[Na+]. The molecule has 0 unspecified atom stereocenters. The number of hydrogen-bond donors (Lipinski definition) is 6. The number of hydrogen-bond acceptors (Lipinski definition) is 14. The van der Waals surface area contributed by atoms with Gasteiger partial charge in [0.1, 0.15) is 45.7 Å².